The van der Waals surface area contributed by atoms with Crippen molar-refractivity contribution in [2.24, 2.45) is 5.92 Å². The van der Waals surface area contributed by atoms with Gasteiger partial charge in [0.1, 0.15) is 0 Å². The van der Waals surface area contributed by atoms with Crippen LogP contribution in [0.15, 0.2) is 48.5 Å². The van der Waals surface area contributed by atoms with E-state index < -0.39 is 0 Å². The number of carbonyl (C=O) groups excluding carboxylic acids is 1. The molecule has 1 saturated heterocycles. The van der Waals surface area contributed by atoms with Crippen LogP contribution < -0.4 is 5.32 Å². The highest BCUT2D eigenvalue weighted by Gasteiger charge is 2.27. The van der Waals surface area contributed by atoms with Crippen molar-refractivity contribution in [2.75, 3.05) is 51.1 Å². The number of nitrogens with zero attached hydrogens (tertiary/aromatic N) is 3. The Kier molecular flexibility index (Phi) is 7.27. The number of amides is 1. The third kappa shape index (κ3) is 6.15. The van der Waals surface area contributed by atoms with Crippen LogP contribution in [0.3, 0.4) is 0 Å². The lowest BCUT2D eigenvalue weighted by molar-refractivity contribution is -0.130. The predicted molar refractivity (Wildman–Crippen MR) is 134 cm³/mol. The van der Waals surface area contributed by atoms with Crippen LogP contribution in [0.25, 0.3) is 0 Å². The zero-order valence-electron chi connectivity index (χ0n) is 19.8. The van der Waals surface area contributed by atoms with E-state index in [9.17, 15) is 4.79 Å². The third-order valence-corrected chi connectivity index (χ3v) is 7.44. The van der Waals surface area contributed by atoms with Crippen LogP contribution in [0.4, 0.5) is 5.69 Å². The van der Waals surface area contributed by atoms with Gasteiger partial charge in [0.15, 0.2) is 0 Å². The Bertz CT molecular complexity index is 921. The van der Waals surface area contributed by atoms with E-state index in [1.807, 2.05) is 11.0 Å². The standard InChI is InChI=1S/C28H38N4O/c33-28(32(18-17-30-14-4-5-15-30)21-23-7-2-1-3-8-23)19-29-27-10-6-9-25-22-31(16-13-26(25)27)20-24-11-12-24/h1-3,6-10,24,29H,4-5,11-22H2. The summed E-state index contributed by atoms with van der Waals surface area (Å²) in [5.74, 6) is 1.11. The molecular formula is C28H38N4O. The van der Waals surface area contributed by atoms with E-state index in [2.05, 4.69) is 57.6 Å². The second-order valence-electron chi connectivity index (χ2n) is 10.1. The molecule has 2 fully saturated rings. The summed E-state index contributed by atoms with van der Waals surface area (Å²) < 4.78 is 0. The highest BCUT2D eigenvalue weighted by Crippen LogP contribution is 2.32. The first-order valence-electron chi connectivity index (χ1n) is 12.9. The highest BCUT2D eigenvalue weighted by atomic mass is 16.2. The molecule has 0 bridgehead atoms. The second kappa shape index (κ2) is 10.7. The smallest absolute Gasteiger partial charge is 0.242 e. The summed E-state index contributed by atoms with van der Waals surface area (Å²) in [5, 5.41) is 3.51. The molecule has 0 spiro atoms. The quantitative estimate of drug-likeness (QED) is 0.599. The van der Waals surface area contributed by atoms with Gasteiger partial charge in [0.2, 0.25) is 5.91 Å². The van der Waals surface area contributed by atoms with Gasteiger partial charge in [0.05, 0.1) is 6.54 Å². The zero-order valence-corrected chi connectivity index (χ0v) is 19.8. The normalized spacial score (nSPS) is 18.8. The van der Waals surface area contributed by atoms with Crippen LogP contribution in [0.2, 0.25) is 0 Å². The number of benzene rings is 2. The lowest BCUT2D eigenvalue weighted by Crippen LogP contribution is -2.40. The highest BCUT2D eigenvalue weighted by molar-refractivity contribution is 5.81. The molecule has 176 valence electrons. The molecular weight excluding hydrogens is 408 g/mol. The number of hydrogen-bond donors (Lipinski definition) is 1. The first kappa shape index (κ1) is 22.4. The van der Waals surface area contributed by atoms with Gasteiger partial charge in [0.25, 0.3) is 0 Å². The van der Waals surface area contributed by atoms with Crippen molar-refractivity contribution in [2.45, 2.75) is 45.2 Å². The summed E-state index contributed by atoms with van der Waals surface area (Å²) in [7, 11) is 0. The van der Waals surface area contributed by atoms with Crippen molar-refractivity contribution in [3.8, 4) is 0 Å². The van der Waals surface area contributed by atoms with Crippen LogP contribution in [0.1, 0.15) is 42.4 Å². The van der Waals surface area contributed by atoms with Crippen molar-refractivity contribution in [1.29, 1.82) is 0 Å². The Morgan fingerprint density at radius 3 is 2.58 bits per heavy atom. The maximum Gasteiger partial charge on any atom is 0.242 e. The molecule has 5 heteroatoms. The first-order chi connectivity index (χ1) is 16.2. The van der Waals surface area contributed by atoms with Crippen LogP contribution in [0, 0.1) is 5.92 Å². The van der Waals surface area contributed by atoms with Crippen LogP contribution >= 0.6 is 0 Å². The lowest BCUT2D eigenvalue weighted by Gasteiger charge is -2.30. The van der Waals surface area contributed by atoms with Crippen molar-refractivity contribution in [3.05, 3.63) is 65.2 Å². The number of carbonyl (C=O) groups is 1. The van der Waals surface area contributed by atoms with E-state index in [1.54, 1.807) is 0 Å². The molecule has 1 saturated carbocycles. The number of anilines is 1. The molecule has 2 aromatic carbocycles. The minimum absolute atomic E-state index is 0.182. The van der Waals surface area contributed by atoms with E-state index in [0.717, 1.165) is 44.2 Å². The monoisotopic (exact) mass is 446 g/mol. The van der Waals surface area contributed by atoms with Crippen molar-refractivity contribution in [1.82, 2.24) is 14.7 Å². The topological polar surface area (TPSA) is 38.8 Å². The minimum atomic E-state index is 0.182. The number of fused-ring (bicyclic) bond motifs is 1. The summed E-state index contributed by atoms with van der Waals surface area (Å²) in [6.07, 6.45) is 6.45. The molecule has 2 heterocycles. The van der Waals surface area contributed by atoms with Gasteiger partial charge in [-0.25, -0.2) is 0 Å². The van der Waals surface area contributed by atoms with Gasteiger partial charge in [-0.1, -0.05) is 42.5 Å². The molecule has 1 aliphatic carbocycles. The molecule has 2 aromatic rings. The lowest BCUT2D eigenvalue weighted by atomic mass is 9.97. The fourth-order valence-electron chi connectivity index (χ4n) is 5.30. The fourth-order valence-corrected chi connectivity index (χ4v) is 5.30. The van der Waals surface area contributed by atoms with Gasteiger partial charge < -0.3 is 15.1 Å². The molecule has 2 aliphatic heterocycles. The van der Waals surface area contributed by atoms with Gasteiger partial charge in [-0.2, -0.15) is 0 Å². The van der Waals surface area contributed by atoms with Gasteiger partial charge >= 0.3 is 0 Å². The average molecular weight is 447 g/mol. The third-order valence-electron chi connectivity index (χ3n) is 7.44. The van der Waals surface area contributed by atoms with Crippen LogP contribution in [-0.2, 0) is 24.3 Å². The summed E-state index contributed by atoms with van der Waals surface area (Å²) in [6.45, 7) is 8.55. The number of likely N-dealkylation sites (tertiary alicyclic amines) is 1. The summed E-state index contributed by atoms with van der Waals surface area (Å²) in [5.41, 5.74) is 5.17. The zero-order chi connectivity index (χ0) is 22.5. The molecule has 33 heavy (non-hydrogen) atoms. The van der Waals surface area contributed by atoms with E-state index in [0.29, 0.717) is 13.1 Å². The van der Waals surface area contributed by atoms with E-state index in [4.69, 9.17) is 0 Å². The van der Waals surface area contributed by atoms with Crippen LogP contribution in [-0.4, -0.2) is 66.4 Å². The molecule has 1 amide bonds. The van der Waals surface area contributed by atoms with Crippen molar-refractivity contribution < 1.29 is 4.79 Å². The van der Waals surface area contributed by atoms with Crippen molar-refractivity contribution in [3.63, 3.8) is 0 Å². The molecule has 0 radical (unpaired) electrons. The van der Waals surface area contributed by atoms with Gasteiger partial charge in [-0.3, -0.25) is 9.69 Å². The van der Waals surface area contributed by atoms with E-state index in [-0.39, 0.29) is 5.91 Å². The van der Waals surface area contributed by atoms with Gasteiger partial charge in [-0.15, -0.1) is 0 Å². The Labute approximate surface area is 198 Å². The molecule has 5 rings (SSSR count). The number of hydrogen-bond acceptors (Lipinski definition) is 4. The average Bonchev–Trinajstić information content (AvgIpc) is 3.50. The first-order valence-corrected chi connectivity index (χ1v) is 12.9. The molecule has 0 unspecified atom stereocenters. The molecule has 0 atom stereocenters. The van der Waals surface area contributed by atoms with Gasteiger partial charge in [-0.05, 0) is 73.9 Å². The SMILES string of the molecule is O=C(CNc1cccc2c1CCN(CC1CC1)C2)N(CCN1CCCC1)Cc1ccccc1. The molecule has 5 nitrogen and oxygen atoms in total. The summed E-state index contributed by atoms with van der Waals surface area (Å²) >= 11 is 0. The Morgan fingerprint density at radius 1 is 0.970 bits per heavy atom. The molecule has 1 N–H and O–H groups in total. The van der Waals surface area contributed by atoms with Gasteiger partial charge in [0, 0.05) is 45.0 Å². The number of rotatable bonds is 10. The summed E-state index contributed by atoms with van der Waals surface area (Å²) in [6, 6.07) is 16.9. The minimum Gasteiger partial charge on any atom is -0.376 e. The summed E-state index contributed by atoms with van der Waals surface area (Å²) in [4.78, 5) is 20.4. The largest absolute Gasteiger partial charge is 0.376 e. The fraction of sp³-hybridized carbons (Fsp3) is 0.536. The number of nitrogens with one attached hydrogen (secondary N) is 1. The van der Waals surface area contributed by atoms with Crippen LogP contribution in [0.5, 0.6) is 0 Å². The van der Waals surface area contributed by atoms with E-state index in [1.165, 1.54) is 62.0 Å². The second-order valence-corrected chi connectivity index (χ2v) is 10.1. The maximum atomic E-state index is 13.3. The Balaban J connectivity index is 1.20. The molecule has 0 aromatic heterocycles. The maximum absolute atomic E-state index is 13.3. The van der Waals surface area contributed by atoms with Crippen molar-refractivity contribution >= 4 is 11.6 Å². The Hall–Kier alpha value is -2.37. The molecule has 3 aliphatic rings. The van der Waals surface area contributed by atoms with E-state index >= 15 is 0 Å². The Morgan fingerprint density at radius 2 is 1.79 bits per heavy atom. The predicted octanol–water partition coefficient (Wildman–Crippen LogP) is 3.99.